The van der Waals surface area contributed by atoms with Gasteiger partial charge in [0.2, 0.25) is 11.8 Å². The summed E-state index contributed by atoms with van der Waals surface area (Å²) < 4.78 is 18.0. The van der Waals surface area contributed by atoms with Crippen molar-refractivity contribution in [1.82, 2.24) is 5.16 Å². The number of rotatable bonds is 5. The number of carbonyl (C=O) groups is 2. The molecule has 8 nitrogen and oxygen atoms in total. The molecule has 7 rings (SSSR count). The molecule has 3 saturated heterocycles. The fourth-order valence-corrected chi connectivity index (χ4v) is 7.44. The van der Waals surface area contributed by atoms with E-state index in [1.807, 2.05) is 38.1 Å². The summed E-state index contributed by atoms with van der Waals surface area (Å²) in [5, 5.41) is 16.3. The standard InChI is InChI=1S/C30H24ClN3O5/c1-28-11-12-30(39-28,13-14-37-25-21-9-8-18(31)15-23(21)38-33-25)29(2)24(28)26(35)34(27(29)36)22-10-7-17(16-32)19-5-3-4-6-20(19)22/h3-10,15,24H,11-14H2,1-2H3/t24-,28?,29+,30?/m1/s1. The first-order valence-corrected chi connectivity index (χ1v) is 13.3. The lowest BCUT2D eigenvalue weighted by atomic mass is 9.58. The second-order valence-corrected chi connectivity index (χ2v) is 11.5. The number of anilines is 1. The molecule has 1 aromatic heterocycles. The van der Waals surface area contributed by atoms with Gasteiger partial charge < -0.3 is 14.0 Å². The lowest BCUT2D eigenvalue weighted by molar-refractivity contribution is -0.138. The molecule has 0 N–H and O–H groups in total. The Morgan fingerprint density at radius 2 is 1.90 bits per heavy atom. The van der Waals surface area contributed by atoms with Gasteiger partial charge in [-0.15, -0.1) is 0 Å². The SMILES string of the molecule is CC12CCC(CCOc3noc4cc(Cl)ccc34)(O1)[C@]1(C)C(=O)N(c3ccc(C#N)c4ccccc34)C(=O)[C@H]21. The first kappa shape index (κ1) is 24.1. The Kier molecular flexibility index (Phi) is 4.98. The third-order valence-electron chi connectivity index (χ3n) is 9.11. The zero-order chi connectivity index (χ0) is 27.2. The quantitative estimate of drug-likeness (QED) is 0.294. The molecule has 0 aliphatic carbocycles. The zero-order valence-electron chi connectivity index (χ0n) is 21.4. The first-order valence-electron chi connectivity index (χ1n) is 12.9. The van der Waals surface area contributed by atoms with Crippen LogP contribution in [0.5, 0.6) is 5.88 Å². The predicted octanol–water partition coefficient (Wildman–Crippen LogP) is 5.79. The highest BCUT2D eigenvalue weighted by atomic mass is 35.5. The second kappa shape index (κ2) is 8.04. The summed E-state index contributed by atoms with van der Waals surface area (Å²) in [6.07, 6.45) is 1.70. The summed E-state index contributed by atoms with van der Waals surface area (Å²) in [5.74, 6) is -0.826. The van der Waals surface area contributed by atoms with Crippen LogP contribution in [-0.4, -0.2) is 34.8 Å². The number of halogens is 1. The molecule has 2 amide bonds. The zero-order valence-corrected chi connectivity index (χ0v) is 22.1. The van der Waals surface area contributed by atoms with Gasteiger partial charge in [-0.3, -0.25) is 9.59 Å². The molecule has 0 spiro atoms. The van der Waals surface area contributed by atoms with Gasteiger partial charge in [0.15, 0.2) is 5.58 Å². The van der Waals surface area contributed by atoms with Crippen LogP contribution in [-0.2, 0) is 14.3 Å². The average molecular weight is 542 g/mol. The van der Waals surface area contributed by atoms with Crippen molar-refractivity contribution in [3.05, 3.63) is 65.2 Å². The van der Waals surface area contributed by atoms with Crippen LogP contribution >= 0.6 is 11.6 Å². The van der Waals surface area contributed by atoms with Crippen LogP contribution < -0.4 is 9.64 Å². The first-order chi connectivity index (χ1) is 18.7. The number of amides is 2. The molecule has 4 atom stereocenters. The lowest BCUT2D eigenvalue weighted by Gasteiger charge is -2.40. The van der Waals surface area contributed by atoms with E-state index in [4.69, 9.17) is 25.6 Å². The van der Waals surface area contributed by atoms with Crippen LogP contribution in [0.1, 0.15) is 38.7 Å². The number of aromatic nitrogens is 1. The lowest BCUT2D eigenvalue weighted by Crippen LogP contribution is -2.52. The summed E-state index contributed by atoms with van der Waals surface area (Å²) in [6, 6.07) is 18.1. The maximum Gasteiger partial charge on any atom is 0.262 e. The Morgan fingerprint density at radius 1 is 1.10 bits per heavy atom. The van der Waals surface area contributed by atoms with Gasteiger partial charge in [-0.1, -0.05) is 35.9 Å². The van der Waals surface area contributed by atoms with Crippen LogP contribution in [0.2, 0.25) is 5.02 Å². The van der Waals surface area contributed by atoms with Gasteiger partial charge in [-0.2, -0.15) is 5.26 Å². The van der Waals surface area contributed by atoms with Crippen molar-refractivity contribution in [2.24, 2.45) is 11.3 Å². The number of hydrogen-bond donors (Lipinski definition) is 0. The third-order valence-corrected chi connectivity index (χ3v) is 9.35. The number of ether oxygens (including phenoxy) is 2. The Hall–Kier alpha value is -3.93. The average Bonchev–Trinajstić information content (AvgIpc) is 3.60. The number of imide groups is 1. The predicted molar refractivity (Wildman–Crippen MR) is 143 cm³/mol. The van der Waals surface area contributed by atoms with Gasteiger partial charge in [0, 0.05) is 28.3 Å². The molecule has 3 aliphatic rings. The minimum atomic E-state index is -1.07. The van der Waals surface area contributed by atoms with Crippen molar-refractivity contribution in [3.63, 3.8) is 0 Å². The largest absolute Gasteiger partial charge is 0.475 e. The Labute approximate surface area is 229 Å². The van der Waals surface area contributed by atoms with E-state index in [2.05, 4.69) is 11.2 Å². The summed E-state index contributed by atoms with van der Waals surface area (Å²) in [7, 11) is 0. The van der Waals surface area contributed by atoms with Crippen molar-refractivity contribution >= 4 is 50.8 Å². The molecule has 196 valence electrons. The maximum atomic E-state index is 14.3. The Morgan fingerprint density at radius 3 is 2.69 bits per heavy atom. The van der Waals surface area contributed by atoms with Crippen molar-refractivity contribution in [1.29, 1.82) is 5.26 Å². The van der Waals surface area contributed by atoms with Crippen LogP contribution in [0.4, 0.5) is 5.69 Å². The third kappa shape index (κ3) is 3.06. The van der Waals surface area contributed by atoms with Gasteiger partial charge in [0.05, 0.1) is 51.8 Å². The molecule has 39 heavy (non-hydrogen) atoms. The number of benzene rings is 3. The van der Waals surface area contributed by atoms with Gasteiger partial charge in [-0.05, 0) is 56.1 Å². The van der Waals surface area contributed by atoms with Crippen molar-refractivity contribution in [3.8, 4) is 11.9 Å². The van der Waals surface area contributed by atoms with E-state index in [0.29, 0.717) is 63.2 Å². The van der Waals surface area contributed by atoms with E-state index in [1.165, 1.54) is 4.90 Å². The monoisotopic (exact) mass is 541 g/mol. The fraction of sp³-hybridized carbons (Fsp3) is 0.333. The van der Waals surface area contributed by atoms with E-state index in [-0.39, 0.29) is 18.4 Å². The molecule has 3 aliphatic heterocycles. The molecule has 4 heterocycles. The molecular formula is C30H24ClN3O5. The highest BCUT2D eigenvalue weighted by Gasteiger charge is 2.80. The maximum absolute atomic E-state index is 14.3. The normalized spacial score (nSPS) is 29.4. The van der Waals surface area contributed by atoms with Gasteiger partial charge in [-0.25, -0.2) is 4.90 Å². The molecule has 2 bridgehead atoms. The Balaban J connectivity index is 1.24. The molecule has 3 aromatic carbocycles. The molecule has 2 unspecified atom stereocenters. The van der Waals surface area contributed by atoms with Crippen molar-refractivity contribution < 1.29 is 23.6 Å². The molecule has 9 heteroatoms. The minimum absolute atomic E-state index is 0.226. The summed E-state index contributed by atoms with van der Waals surface area (Å²) in [6.45, 7) is 4.03. The topological polar surface area (TPSA) is 106 Å². The number of nitriles is 1. The summed E-state index contributed by atoms with van der Waals surface area (Å²) in [4.78, 5) is 29.7. The van der Waals surface area contributed by atoms with E-state index >= 15 is 0 Å². The molecule has 3 fully saturated rings. The van der Waals surface area contributed by atoms with Crippen LogP contribution in [0.3, 0.4) is 0 Å². The van der Waals surface area contributed by atoms with E-state index in [9.17, 15) is 14.9 Å². The molecule has 0 radical (unpaired) electrons. The highest BCUT2D eigenvalue weighted by molar-refractivity contribution is 6.31. The van der Waals surface area contributed by atoms with Crippen molar-refractivity contribution in [2.75, 3.05) is 11.5 Å². The number of nitrogens with zero attached hydrogens (tertiary/aromatic N) is 3. The van der Waals surface area contributed by atoms with Crippen LogP contribution in [0.25, 0.3) is 21.7 Å². The van der Waals surface area contributed by atoms with E-state index < -0.39 is 22.5 Å². The number of hydrogen-bond acceptors (Lipinski definition) is 7. The van der Waals surface area contributed by atoms with Gasteiger partial charge in [0.1, 0.15) is 0 Å². The van der Waals surface area contributed by atoms with Crippen molar-refractivity contribution in [2.45, 2.75) is 44.3 Å². The molecular weight excluding hydrogens is 518 g/mol. The fourth-order valence-electron chi connectivity index (χ4n) is 7.27. The Bertz CT molecular complexity index is 1760. The van der Waals surface area contributed by atoms with E-state index in [1.54, 1.807) is 30.3 Å². The van der Waals surface area contributed by atoms with Crippen LogP contribution in [0.15, 0.2) is 59.1 Å². The highest BCUT2D eigenvalue weighted by Crippen LogP contribution is 2.68. The number of carbonyl (C=O) groups excluding carboxylic acids is 2. The van der Waals surface area contributed by atoms with Crippen LogP contribution in [0, 0.1) is 22.7 Å². The van der Waals surface area contributed by atoms with E-state index in [0.717, 1.165) is 0 Å². The number of fused-ring (bicyclic) bond motifs is 7. The van der Waals surface area contributed by atoms with Gasteiger partial charge >= 0.3 is 0 Å². The van der Waals surface area contributed by atoms with Gasteiger partial charge in [0.25, 0.3) is 5.88 Å². The smallest absolute Gasteiger partial charge is 0.262 e. The molecule has 4 aromatic rings. The minimum Gasteiger partial charge on any atom is -0.475 e. The summed E-state index contributed by atoms with van der Waals surface area (Å²) >= 11 is 6.05. The summed E-state index contributed by atoms with van der Waals surface area (Å²) in [5.41, 5.74) is -1.21. The molecule has 0 saturated carbocycles. The second-order valence-electron chi connectivity index (χ2n) is 11.0.